The van der Waals surface area contributed by atoms with Gasteiger partial charge in [-0.05, 0) is 39.0 Å². The summed E-state index contributed by atoms with van der Waals surface area (Å²) in [6.45, 7) is 5.14. The maximum atomic E-state index is 12.4. The van der Waals surface area contributed by atoms with Gasteiger partial charge < -0.3 is 10.1 Å². The first kappa shape index (κ1) is 16.8. The molecule has 112 valence electrons. The maximum absolute atomic E-state index is 12.4. The van der Waals surface area contributed by atoms with Gasteiger partial charge in [0.05, 0.1) is 21.9 Å². The lowest BCUT2D eigenvalue weighted by atomic mass is 10.2. The first-order valence-corrected chi connectivity index (χ1v) is 6.17. The fourth-order valence-electron chi connectivity index (χ4n) is 1.26. The first-order valence-electron chi connectivity index (χ1n) is 5.79. The van der Waals surface area contributed by atoms with Crippen molar-refractivity contribution in [3.05, 3.63) is 28.8 Å². The zero-order valence-electron chi connectivity index (χ0n) is 11.3. The second kappa shape index (κ2) is 6.01. The van der Waals surface area contributed by atoms with Gasteiger partial charge in [0.2, 0.25) is 5.91 Å². The van der Waals surface area contributed by atoms with Crippen molar-refractivity contribution in [3.8, 4) is 0 Å². The van der Waals surface area contributed by atoms with Crippen molar-refractivity contribution in [1.29, 1.82) is 0 Å². The highest BCUT2D eigenvalue weighted by Gasteiger charge is 2.31. The van der Waals surface area contributed by atoms with Gasteiger partial charge in [-0.3, -0.25) is 4.79 Å². The quantitative estimate of drug-likeness (QED) is 0.912. The normalized spacial score (nSPS) is 12.3. The van der Waals surface area contributed by atoms with Gasteiger partial charge in [-0.25, -0.2) is 0 Å². The average molecular weight is 310 g/mol. The van der Waals surface area contributed by atoms with Crippen LogP contribution in [0.15, 0.2) is 18.2 Å². The summed E-state index contributed by atoms with van der Waals surface area (Å²) in [5, 5.41) is 2.22. The third-order valence-electron chi connectivity index (χ3n) is 2.21. The molecule has 0 fully saturated rings. The molecular weight excluding hydrogens is 295 g/mol. The minimum atomic E-state index is -4.47. The second-order valence-corrected chi connectivity index (χ2v) is 5.55. The van der Waals surface area contributed by atoms with Gasteiger partial charge in [0.25, 0.3) is 0 Å². The van der Waals surface area contributed by atoms with Crippen LogP contribution in [0.1, 0.15) is 26.3 Å². The second-order valence-electron chi connectivity index (χ2n) is 5.14. The predicted octanol–water partition coefficient (Wildman–Crippen LogP) is 4.11. The molecule has 0 bridgehead atoms. The number of carbonyl (C=O) groups excluding carboxylic acids is 1. The molecule has 0 aliphatic rings. The van der Waals surface area contributed by atoms with Crippen LogP contribution in [-0.4, -0.2) is 18.1 Å². The Morgan fingerprint density at radius 2 is 1.90 bits per heavy atom. The number of hydrogen-bond acceptors (Lipinski definition) is 2. The van der Waals surface area contributed by atoms with E-state index in [9.17, 15) is 18.0 Å². The lowest BCUT2D eigenvalue weighted by Crippen LogP contribution is -2.27. The summed E-state index contributed by atoms with van der Waals surface area (Å²) in [5.74, 6) is -0.485. The molecule has 0 spiro atoms. The summed E-state index contributed by atoms with van der Waals surface area (Å²) >= 11 is 5.71. The van der Waals surface area contributed by atoms with E-state index in [1.165, 1.54) is 0 Å². The molecule has 0 saturated carbocycles. The molecule has 3 nitrogen and oxygen atoms in total. The Morgan fingerprint density at radius 1 is 1.30 bits per heavy atom. The molecule has 1 amide bonds. The Hall–Kier alpha value is -1.27. The van der Waals surface area contributed by atoms with Crippen LogP contribution in [0.5, 0.6) is 0 Å². The van der Waals surface area contributed by atoms with Crippen LogP contribution < -0.4 is 5.32 Å². The molecule has 1 aromatic carbocycles. The van der Waals surface area contributed by atoms with Crippen molar-refractivity contribution in [3.63, 3.8) is 0 Å². The van der Waals surface area contributed by atoms with E-state index in [4.69, 9.17) is 16.3 Å². The van der Waals surface area contributed by atoms with Crippen LogP contribution >= 0.6 is 11.6 Å². The third-order valence-corrected chi connectivity index (χ3v) is 2.52. The number of hydrogen-bond donors (Lipinski definition) is 1. The van der Waals surface area contributed by atoms with Crippen molar-refractivity contribution in [2.24, 2.45) is 0 Å². The Bertz CT molecular complexity index is 495. The average Bonchev–Trinajstić information content (AvgIpc) is 2.27. The first-order chi connectivity index (χ1) is 8.99. The molecule has 0 aliphatic carbocycles. The minimum absolute atomic E-state index is 0.113. The molecule has 0 radical (unpaired) electrons. The van der Waals surface area contributed by atoms with E-state index in [0.29, 0.717) is 0 Å². The fraction of sp³-hybridized carbons (Fsp3) is 0.462. The highest BCUT2D eigenvalue weighted by Crippen LogP contribution is 2.33. The number of rotatable bonds is 3. The molecule has 1 N–H and O–H groups in total. The van der Waals surface area contributed by atoms with Gasteiger partial charge in [-0.2, -0.15) is 13.2 Å². The lowest BCUT2D eigenvalue weighted by Gasteiger charge is -2.19. The number of benzene rings is 1. The number of amides is 1. The fourth-order valence-corrected chi connectivity index (χ4v) is 1.49. The van der Waals surface area contributed by atoms with Gasteiger partial charge in [0.1, 0.15) is 6.61 Å². The standard InChI is InChI=1S/C13H15ClF3NO2/c1-12(2,3)20-7-11(19)18-10-5-4-8(6-9(10)14)13(15,16)17/h4-6H,7H2,1-3H3,(H,18,19). The summed E-state index contributed by atoms with van der Waals surface area (Å²) in [7, 11) is 0. The predicted molar refractivity (Wildman–Crippen MR) is 70.8 cm³/mol. The van der Waals surface area contributed by atoms with Gasteiger partial charge >= 0.3 is 6.18 Å². The molecule has 0 saturated heterocycles. The van der Waals surface area contributed by atoms with Gasteiger partial charge in [-0.15, -0.1) is 0 Å². The van der Waals surface area contributed by atoms with Crippen molar-refractivity contribution in [2.45, 2.75) is 32.5 Å². The summed E-state index contributed by atoms with van der Waals surface area (Å²) in [4.78, 5) is 11.6. The third kappa shape index (κ3) is 5.38. The molecule has 1 aromatic rings. The highest BCUT2D eigenvalue weighted by molar-refractivity contribution is 6.33. The molecule has 1 rings (SSSR count). The zero-order valence-corrected chi connectivity index (χ0v) is 12.0. The molecule has 7 heteroatoms. The van der Waals surface area contributed by atoms with E-state index in [1.807, 2.05) is 0 Å². The summed E-state index contributed by atoms with van der Waals surface area (Å²) in [6, 6.07) is 2.73. The van der Waals surface area contributed by atoms with Gasteiger partial charge in [0.15, 0.2) is 0 Å². The van der Waals surface area contributed by atoms with Crippen LogP contribution in [0, 0.1) is 0 Å². The van der Waals surface area contributed by atoms with E-state index in [2.05, 4.69) is 5.32 Å². The number of nitrogens with one attached hydrogen (secondary N) is 1. The van der Waals surface area contributed by atoms with Crippen LogP contribution in [0.25, 0.3) is 0 Å². The van der Waals surface area contributed by atoms with Crippen molar-refractivity contribution >= 4 is 23.2 Å². The Balaban J connectivity index is 2.72. The number of alkyl halides is 3. The molecule has 0 heterocycles. The van der Waals surface area contributed by atoms with E-state index in [0.717, 1.165) is 18.2 Å². The van der Waals surface area contributed by atoms with Crippen molar-refractivity contribution in [1.82, 2.24) is 0 Å². The summed E-state index contributed by atoms with van der Waals surface area (Å²) < 4.78 is 42.6. The molecule has 0 aromatic heterocycles. The molecule has 20 heavy (non-hydrogen) atoms. The van der Waals surface area contributed by atoms with Crippen LogP contribution in [-0.2, 0) is 15.7 Å². The number of ether oxygens (including phenoxy) is 1. The smallest absolute Gasteiger partial charge is 0.366 e. The molecule has 0 aliphatic heterocycles. The minimum Gasteiger partial charge on any atom is -0.366 e. The molecular formula is C13H15ClF3NO2. The van der Waals surface area contributed by atoms with Crippen molar-refractivity contribution in [2.75, 3.05) is 11.9 Å². The summed E-state index contributed by atoms with van der Waals surface area (Å²) in [6.07, 6.45) is -4.47. The molecule has 0 unspecified atom stereocenters. The topological polar surface area (TPSA) is 38.3 Å². The van der Waals surface area contributed by atoms with Gasteiger partial charge in [0, 0.05) is 0 Å². The van der Waals surface area contributed by atoms with Crippen LogP contribution in [0.4, 0.5) is 18.9 Å². The van der Waals surface area contributed by atoms with Crippen molar-refractivity contribution < 1.29 is 22.7 Å². The Labute approximate surface area is 120 Å². The maximum Gasteiger partial charge on any atom is 0.416 e. The molecule has 0 atom stereocenters. The van der Waals surface area contributed by atoms with Gasteiger partial charge in [-0.1, -0.05) is 11.6 Å². The largest absolute Gasteiger partial charge is 0.416 e. The SMILES string of the molecule is CC(C)(C)OCC(=O)Nc1ccc(C(F)(F)F)cc1Cl. The van der Waals surface area contributed by atoms with E-state index < -0.39 is 23.2 Å². The zero-order chi connectivity index (χ0) is 15.6. The monoisotopic (exact) mass is 309 g/mol. The number of halogens is 4. The highest BCUT2D eigenvalue weighted by atomic mass is 35.5. The Morgan fingerprint density at radius 3 is 2.35 bits per heavy atom. The number of carbonyl (C=O) groups is 1. The van der Waals surface area contributed by atoms with Crippen LogP contribution in [0.2, 0.25) is 5.02 Å². The van der Waals surface area contributed by atoms with E-state index in [-0.39, 0.29) is 17.3 Å². The lowest BCUT2D eigenvalue weighted by molar-refractivity contribution is -0.137. The van der Waals surface area contributed by atoms with E-state index in [1.54, 1.807) is 20.8 Å². The van der Waals surface area contributed by atoms with E-state index >= 15 is 0 Å². The Kier molecular flexibility index (Phi) is 5.05. The van der Waals surface area contributed by atoms with Crippen LogP contribution in [0.3, 0.4) is 0 Å². The summed E-state index contributed by atoms with van der Waals surface area (Å²) in [5.41, 5.74) is -1.24. The number of anilines is 1.